The Bertz CT molecular complexity index is 626. The van der Waals surface area contributed by atoms with Gasteiger partial charge in [0.25, 0.3) is 5.91 Å². The first-order valence-corrected chi connectivity index (χ1v) is 6.72. The second-order valence-electron chi connectivity index (χ2n) is 5.04. The molecule has 1 aromatic carbocycles. The zero-order valence-corrected chi connectivity index (χ0v) is 12.4. The topological polar surface area (TPSA) is 36.2 Å². The molecular weight excluding hydrogens is 269 g/mol. The average Bonchev–Trinajstić information content (AvgIpc) is 2.49. The zero-order chi connectivity index (χ0) is 15.4. The van der Waals surface area contributed by atoms with Gasteiger partial charge in [0.2, 0.25) is 6.04 Å². The maximum atomic E-state index is 13.5. The molecule has 1 aromatic heterocycles. The molecule has 2 rings (SSSR count). The van der Waals surface area contributed by atoms with Crippen molar-refractivity contribution < 1.29 is 13.8 Å². The number of hydrogen-bond donors (Lipinski definition) is 1. The predicted molar refractivity (Wildman–Crippen MR) is 80.7 cm³/mol. The van der Waals surface area contributed by atoms with Crippen LogP contribution in [0.4, 0.5) is 15.8 Å². The lowest BCUT2D eigenvalue weighted by Crippen LogP contribution is -2.44. The van der Waals surface area contributed by atoms with Gasteiger partial charge in [-0.25, -0.2) is 4.39 Å². The highest BCUT2D eigenvalue weighted by molar-refractivity contribution is 5.92. The van der Waals surface area contributed by atoms with Crippen molar-refractivity contribution in [3.8, 4) is 0 Å². The van der Waals surface area contributed by atoms with Gasteiger partial charge in [-0.15, -0.1) is 0 Å². The van der Waals surface area contributed by atoms with E-state index in [2.05, 4.69) is 5.32 Å². The number of carbonyl (C=O) groups excluding carboxylic acids is 1. The predicted octanol–water partition coefficient (Wildman–Crippen LogP) is 2.38. The van der Waals surface area contributed by atoms with E-state index in [0.29, 0.717) is 0 Å². The Morgan fingerprint density at radius 2 is 1.81 bits per heavy atom. The number of amides is 1. The minimum Gasteiger partial charge on any atom is -0.377 e. The maximum Gasteiger partial charge on any atom is 0.293 e. The van der Waals surface area contributed by atoms with Gasteiger partial charge in [0.1, 0.15) is 5.82 Å². The van der Waals surface area contributed by atoms with Crippen molar-refractivity contribution in [3.05, 3.63) is 54.6 Å². The monoisotopic (exact) mass is 288 g/mol. The van der Waals surface area contributed by atoms with E-state index >= 15 is 0 Å². The van der Waals surface area contributed by atoms with Crippen LogP contribution in [0.2, 0.25) is 0 Å². The first-order chi connectivity index (χ1) is 9.99. The quantitative estimate of drug-likeness (QED) is 0.877. The summed E-state index contributed by atoms with van der Waals surface area (Å²) in [6.45, 7) is 1.77. The van der Waals surface area contributed by atoms with Gasteiger partial charge in [-0.05, 0) is 12.1 Å². The summed E-state index contributed by atoms with van der Waals surface area (Å²) in [5.41, 5.74) is 1.24. The lowest BCUT2D eigenvalue weighted by molar-refractivity contribution is -0.705. The Kier molecular flexibility index (Phi) is 4.52. The zero-order valence-electron chi connectivity index (χ0n) is 12.4. The summed E-state index contributed by atoms with van der Waals surface area (Å²) >= 11 is 0. The van der Waals surface area contributed by atoms with E-state index in [-0.39, 0.29) is 11.6 Å². The third kappa shape index (κ3) is 3.56. The number of para-hydroxylation sites is 1. The van der Waals surface area contributed by atoms with Gasteiger partial charge >= 0.3 is 0 Å². The van der Waals surface area contributed by atoms with E-state index in [4.69, 9.17) is 0 Å². The number of nitrogens with one attached hydrogen (secondary N) is 1. The third-order valence-electron chi connectivity index (χ3n) is 3.31. The van der Waals surface area contributed by atoms with Gasteiger partial charge in [0.05, 0.1) is 5.69 Å². The lowest BCUT2D eigenvalue weighted by atomic mass is 10.2. The second kappa shape index (κ2) is 6.35. The summed E-state index contributed by atoms with van der Waals surface area (Å²) in [5, 5.41) is 2.60. The second-order valence-corrected chi connectivity index (χ2v) is 5.04. The number of pyridine rings is 1. The third-order valence-corrected chi connectivity index (χ3v) is 3.31. The fourth-order valence-electron chi connectivity index (χ4n) is 1.92. The van der Waals surface area contributed by atoms with Crippen molar-refractivity contribution in [1.82, 2.24) is 0 Å². The number of anilines is 2. The molecule has 0 aliphatic carbocycles. The molecule has 2 aromatic rings. The van der Waals surface area contributed by atoms with E-state index in [9.17, 15) is 9.18 Å². The standard InChI is InChI=1S/C16H18FN3O/c1-12(20-10-8-13(9-11-20)19(2)3)16(21)18-15-7-5-4-6-14(15)17/h4-12H,1-3H3/p+1/t12-/m1/s1. The summed E-state index contributed by atoms with van der Waals surface area (Å²) < 4.78 is 15.3. The van der Waals surface area contributed by atoms with Gasteiger partial charge in [-0.3, -0.25) is 4.79 Å². The van der Waals surface area contributed by atoms with Crippen LogP contribution < -0.4 is 14.8 Å². The number of halogens is 1. The molecule has 0 fully saturated rings. The molecule has 0 spiro atoms. The Labute approximate surface area is 123 Å². The Balaban J connectivity index is 2.10. The number of nitrogens with zero attached hydrogens (tertiary/aromatic N) is 2. The van der Waals surface area contributed by atoms with E-state index in [1.54, 1.807) is 29.7 Å². The van der Waals surface area contributed by atoms with Gasteiger partial charge in [-0.1, -0.05) is 12.1 Å². The maximum absolute atomic E-state index is 13.5. The summed E-state index contributed by atoms with van der Waals surface area (Å²) in [4.78, 5) is 14.2. The number of benzene rings is 1. The van der Waals surface area contributed by atoms with Crippen LogP contribution in [0, 0.1) is 5.82 Å². The Morgan fingerprint density at radius 1 is 1.19 bits per heavy atom. The van der Waals surface area contributed by atoms with Crippen LogP contribution in [0.25, 0.3) is 0 Å². The number of hydrogen-bond acceptors (Lipinski definition) is 2. The van der Waals surface area contributed by atoms with Gasteiger partial charge in [0.15, 0.2) is 12.4 Å². The summed E-state index contributed by atoms with van der Waals surface area (Å²) in [6.07, 6.45) is 3.67. The molecule has 21 heavy (non-hydrogen) atoms. The molecule has 1 atom stereocenters. The van der Waals surface area contributed by atoms with E-state index in [0.717, 1.165) is 5.69 Å². The molecule has 0 saturated heterocycles. The summed E-state index contributed by atoms with van der Waals surface area (Å²) in [7, 11) is 3.90. The molecule has 1 heterocycles. The first kappa shape index (κ1) is 15.0. The summed E-state index contributed by atoms with van der Waals surface area (Å²) in [5.74, 6) is -0.700. The van der Waals surface area contributed by atoms with Crippen molar-refractivity contribution in [3.63, 3.8) is 0 Å². The Hall–Kier alpha value is -2.43. The molecule has 0 unspecified atom stereocenters. The minimum absolute atomic E-state index is 0.194. The fraction of sp³-hybridized carbons (Fsp3) is 0.250. The highest BCUT2D eigenvalue weighted by atomic mass is 19.1. The fourth-order valence-corrected chi connectivity index (χ4v) is 1.92. The molecule has 0 bridgehead atoms. The van der Waals surface area contributed by atoms with E-state index in [1.807, 2.05) is 43.5 Å². The Morgan fingerprint density at radius 3 is 2.38 bits per heavy atom. The number of aromatic nitrogens is 1. The smallest absolute Gasteiger partial charge is 0.293 e. The van der Waals surface area contributed by atoms with Crippen LogP contribution in [0.5, 0.6) is 0 Å². The highest BCUT2D eigenvalue weighted by Crippen LogP contribution is 2.14. The number of rotatable bonds is 4. The minimum atomic E-state index is -0.439. The van der Waals surface area contributed by atoms with Crippen molar-refractivity contribution in [2.75, 3.05) is 24.3 Å². The van der Waals surface area contributed by atoms with Crippen LogP contribution in [0.1, 0.15) is 13.0 Å². The molecule has 110 valence electrons. The van der Waals surface area contributed by atoms with Crippen LogP contribution in [-0.2, 0) is 4.79 Å². The van der Waals surface area contributed by atoms with Crippen LogP contribution >= 0.6 is 0 Å². The normalized spacial score (nSPS) is 11.8. The van der Waals surface area contributed by atoms with Crippen molar-refractivity contribution >= 4 is 17.3 Å². The molecule has 0 aliphatic heterocycles. The lowest BCUT2D eigenvalue weighted by Gasteiger charge is -2.12. The van der Waals surface area contributed by atoms with Gasteiger partial charge < -0.3 is 10.2 Å². The molecular formula is C16H19FN3O+. The average molecular weight is 288 g/mol. The molecule has 0 saturated carbocycles. The first-order valence-electron chi connectivity index (χ1n) is 6.72. The number of carbonyl (C=O) groups is 1. The van der Waals surface area contributed by atoms with Crippen molar-refractivity contribution in [1.29, 1.82) is 0 Å². The van der Waals surface area contributed by atoms with E-state index < -0.39 is 11.9 Å². The molecule has 4 nitrogen and oxygen atoms in total. The highest BCUT2D eigenvalue weighted by Gasteiger charge is 2.22. The van der Waals surface area contributed by atoms with Crippen LogP contribution in [-0.4, -0.2) is 20.0 Å². The molecule has 0 aliphatic rings. The van der Waals surface area contributed by atoms with Gasteiger partial charge in [0, 0.05) is 38.8 Å². The van der Waals surface area contributed by atoms with Crippen LogP contribution in [0.3, 0.4) is 0 Å². The van der Waals surface area contributed by atoms with Gasteiger partial charge in [-0.2, -0.15) is 4.57 Å². The van der Waals surface area contributed by atoms with E-state index in [1.165, 1.54) is 6.07 Å². The SMILES string of the molecule is C[C@H](C(=O)Nc1ccccc1F)[n+]1ccc(N(C)C)cc1. The molecule has 0 radical (unpaired) electrons. The molecule has 1 amide bonds. The van der Waals surface area contributed by atoms with Crippen molar-refractivity contribution in [2.45, 2.75) is 13.0 Å². The molecule has 5 heteroatoms. The largest absolute Gasteiger partial charge is 0.377 e. The summed E-state index contributed by atoms with van der Waals surface area (Å²) in [6, 6.07) is 9.55. The molecule has 1 N–H and O–H groups in total. The van der Waals surface area contributed by atoms with Crippen molar-refractivity contribution in [2.24, 2.45) is 0 Å². The van der Waals surface area contributed by atoms with Crippen LogP contribution in [0.15, 0.2) is 48.8 Å².